The number of nitrogen functional groups attached to an aromatic ring is 1. The van der Waals surface area contributed by atoms with Gasteiger partial charge in [-0.05, 0) is 36.4 Å². The van der Waals surface area contributed by atoms with Crippen molar-refractivity contribution in [1.29, 1.82) is 0 Å². The van der Waals surface area contributed by atoms with Crippen LogP contribution in [0.25, 0.3) is 0 Å². The summed E-state index contributed by atoms with van der Waals surface area (Å²) in [5, 5.41) is 0. The molecule has 0 bridgehead atoms. The second kappa shape index (κ2) is 4.97. The summed E-state index contributed by atoms with van der Waals surface area (Å²) in [6.07, 6.45) is 0. The van der Waals surface area contributed by atoms with Crippen molar-refractivity contribution in [2.45, 2.75) is 0 Å². The van der Waals surface area contributed by atoms with Crippen molar-refractivity contribution in [3.05, 3.63) is 53.8 Å². The highest BCUT2D eigenvalue weighted by molar-refractivity contribution is 5.95. The van der Waals surface area contributed by atoms with Gasteiger partial charge in [0.2, 0.25) is 5.91 Å². The molecule has 0 saturated carbocycles. The van der Waals surface area contributed by atoms with Gasteiger partial charge in [-0.25, -0.2) is 4.39 Å². The minimum absolute atomic E-state index is 0.339. The van der Waals surface area contributed by atoms with Crippen molar-refractivity contribution >= 4 is 23.0 Å². The number of rotatable bonds is 3. The molecule has 1 amide bonds. The summed E-state index contributed by atoms with van der Waals surface area (Å²) >= 11 is 0. The number of carbonyl (C=O) groups excluding carboxylic acids is 1. The lowest BCUT2D eigenvalue weighted by Gasteiger charge is -2.21. The maximum atomic E-state index is 13.2. The van der Waals surface area contributed by atoms with Crippen molar-refractivity contribution in [2.24, 2.45) is 5.73 Å². The third kappa shape index (κ3) is 2.65. The van der Waals surface area contributed by atoms with Crippen molar-refractivity contribution < 1.29 is 9.18 Å². The molecule has 0 aliphatic rings. The van der Waals surface area contributed by atoms with Gasteiger partial charge in [-0.15, -0.1) is 0 Å². The molecule has 2 aromatic rings. The van der Waals surface area contributed by atoms with Crippen molar-refractivity contribution in [1.82, 2.24) is 0 Å². The third-order valence-corrected chi connectivity index (χ3v) is 2.87. The van der Waals surface area contributed by atoms with Crippen LogP contribution in [0.5, 0.6) is 0 Å². The number of anilines is 3. The number of hydrogen-bond donors (Lipinski definition) is 2. The fourth-order valence-electron chi connectivity index (χ4n) is 1.81. The lowest BCUT2D eigenvalue weighted by molar-refractivity contribution is 0.100. The summed E-state index contributed by atoms with van der Waals surface area (Å²) in [6, 6.07) is 10.8. The van der Waals surface area contributed by atoms with Crippen molar-refractivity contribution in [2.75, 3.05) is 17.7 Å². The molecule has 0 unspecified atom stereocenters. The predicted molar refractivity (Wildman–Crippen MR) is 73.8 cm³/mol. The van der Waals surface area contributed by atoms with Gasteiger partial charge in [0.15, 0.2) is 0 Å². The first-order chi connectivity index (χ1) is 8.99. The van der Waals surface area contributed by atoms with E-state index in [0.29, 0.717) is 22.6 Å². The van der Waals surface area contributed by atoms with Crippen LogP contribution in [0.15, 0.2) is 42.5 Å². The van der Waals surface area contributed by atoms with E-state index in [4.69, 9.17) is 11.5 Å². The smallest absolute Gasteiger partial charge is 0.248 e. The molecule has 0 aliphatic heterocycles. The zero-order valence-corrected chi connectivity index (χ0v) is 10.4. The predicted octanol–water partition coefficient (Wildman–Crippen LogP) is 2.27. The number of nitrogens with two attached hydrogens (primary N) is 2. The molecule has 0 saturated heterocycles. The van der Waals surface area contributed by atoms with Gasteiger partial charge in [-0.1, -0.05) is 6.07 Å². The lowest BCUT2D eigenvalue weighted by atomic mass is 10.1. The summed E-state index contributed by atoms with van der Waals surface area (Å²) in [5.74, 6) is -0.872. The third-order valence-electron chi connectivity index (χ3n) is 2.87. The maximum Gasteiger partial charge on any atom is 0.248 e. The fraction of sp³-hybridized carbons (Fsp3) is 0.0714. The van der Waals surface area contributed by atoms with Gasteiger partial charge < -0.3 is 16.4 Å². The minimum Gasteiger partial charge on any atom is -0.397 e. The Labute approximate surface area is 110 Å². The number of amides is 1. The van der Waals surface area contributed by atoms with E-state index in [9.17, 15) is 9.18 Å². The molecule has 98 valence electrons. The molecule has 0 heterocycles. The average molecular weight is 259 g/mol. The Morgan fingerprint density at radius 1 is 1.21 bits per heavy atom. The van der Waals surface area contributed by atoms with Crippen LogP contribution in [-0.4, -0.2) is 13.0 Å². The topological polar surface area (TPSA) is 72.3 Å². The zero-order valence-electron chi connectivity index (χ0n) is 10.4. The largest absolute Gasteiger partial charge is 0.397 e. The van der Waals surface area contributed by atoms with Gasteiger partial charge in [0.25, 0.3) is 0 Å². The first kappa shape index (κ1) is 12.9. The Morgan fingerprint density at radius 3 is 2.58 bits per heavy atom. The Hall–Kier alpha value is -2.56. The Kier molecular flexibility index (Phi) is 3.37. The number of carbonyl (C=O) groups is 1. The fourth-order valence-corrected chi connectivity index (χ4v) is 1.81. The van der Waals surface area contributed by atoms with Crippen LogP contribution in [0.4, 0.5) is 21.5 Å². The van der Waals surface area contributed by atoms with E-state index in [1.54, 1.807) is 42.3 Å². The molecular weight excluding hydrogens is 245 g/mol. The quantitative estimate of drug-likeness (QED) is 0.830. The molecule has 0 radical (unpaired) electrons. The van der Waals surface area contributed by atoms with Crippen LogP contribution in [-0.2, 0) is 0 Å². The molecule has 4 nitrogen and oxygen atoms in total. The first-order valence-corrected chi connectivity index (χ1v) is 5.67. The van der Waals surface area contributed by atoms with Gasteiger partial charge in [0.05, 0.1) is 11.4 Å². The monoisotopic (exact) mass is 259 g/mol. The second-order valence-corrected chi connectivity index (χ2v) is 4.18. The summed E-state index contributed by atoms with van der Waals surface area (Å²) in [4.78, 5) is 12.9. The van der Waals surface area contributed by atoms with Gasteiger partial charge in [-0.2, -0.15) is 0 Å². The average Bonchev–Trinajstić information content (AvgIpc) is 2.38. The van der Waals surface area contributed by atoms with E-state index in [1.807, 2.05) is 0 Å². The molecular formula is C14H14FN3O. The number of halogens is 1. The first-order valence-electron chi connectivity index (χ1n) is 5.67. The van der Waals surface area contributed by atoms with Crippen LogP contribution < -0.4 is 16.4 Å². The van der Waals surface area contributed by atoms with Crippen molar-refractivity contribution in [3.8, 4) is 0 Å². The molecule has 5 heteroatoms. The highest BCUT2D eigenvalue weighted by Crippen LogP contribution is 2.30. The number of primary amides is 1. The minimum atomic E-state index is -0.533. The Morgan fingerprint density at radius 2 is 1.95 bits per heavy atom. The second-order valence-electron chi connectivity index (χ2n) is 4.18. The van der Waals surface area contributed by atoms with Gasteiger partial charge >= 0.3 is 0 Å². The molecule has 19 heavy (non-hydrogen) atoms. The van der Waals surface area contributed by atoms with Crippen LogP contribution in [0, 0.1) is 5.82 Å². The van der Waals surface area contributed by atoms with E-state index >= 15 is 0 Å². The van der Waals surface area contributed by atoms with Crippen LogP contribution in [0.3, 0.4) is 0 Å². The molecule has 2 aromatic carbocycles. The van der Waals surface area contributed by atoms with Gasteiger partial charge in [-0.3, -0.25) is 4.79 Å². The maximum absolute atomic E-state index is 13.2. The molecule has 0 atom stereocenters. The summed E-state index contributed by atoms with van der Waals surface area (Å²) in [7, 11) is 1.74. The lowest BCUT2D eigenvalue weighted by Crippen LogP contribution is -2.15. The highest BCUT2D eigenvalue weighted by atomic mass is 19.1. The molecule has 0 fully saturated rings. The number of nitrogens with zero attached hydrogens (tertiary/aromatic N) is 1. The summed E-state index contributed by atoms with van der Waals surface area (Å²) in [6.45, 7) is 0. The standard InChI is InChI=1S/C14H14FN3O/c1-18(11-4-2-3-10(15)8-11)13-7-9(14(17)19)5-6-12(13)16/h2-8H,16H2,1H3,(H2,17,19). The van der Waals surface area contributed by atoms with E-state index in [1.165, 1.54) is 12.1 Å². The summed E-state index contributed by atoms with van der Waals surface area (Å²) < 4.78 is 13.2. The van der Waals surface area contributed by atoms with E-state index in [2.05, 4.69) is 0 Å². The SMILES string of the molecule is CN(c1cccc(F)c1)c1cc(C(N)=O)ccc1N. The Bertz CT molecular complexity index is 628. The molecule has 0 spiro atoms. The molecule has 0 aliphatic carbocycles. The molecule has 2 rings (SSSR count). The number of hydrogen-bond acceptors (Lipinski definition) is 3. The Balaban J connectivity index is 2.46. The summed E-state index contributed by atoms with van der Waals surface area (Å²) in [5.41, 5.74) is 13.2. The van der Waals surface area contributed by atoms with E-state index < -0.39 is 5.91 Å². The van der Waals surface area contributed by atoms with Gasteiger partial charge in [0.1, 0.15) is 5.82 Å². The number of benzene rings is 2. The van der Waals surface area contributed by atoms with Crippen LogP contribution in [0.1, 0.15) is 10.4 Å². The zero-order chi connectivity index (χ0) is 14.0. The van der Waals surface area contributed by atoms with E-state index in [-0.39, 0.29) is 5.82 Å². The van der Waals surface area contributed by atoms with E-state index in [0.717, 1.165) is 0 Å². The highest BCUT2D eigenvalue weighted by Gasteiger charge is 2.11. The molecule has 4 N–H and O–H groups in total. The normalized spacial score (nSPS) is 10.2. The molecule has 0 aromatic heterocycles. The van der Waals surface area contributed by atoms with Gasteiger partial charge in [0, 0.05) is 18.3 Å². The van der Waals surface area contributed by atoms with Crippen LogP contribution >= 0.6 is 0 Å². The van der Waals surface area contributed by atoms with Crippen molar-refractivity contribution in [3.63, 3.8) is 0 Å². The van der Waals surface area contributed by atoms with Crippen LogP contribution in [0.2, 0.25) is 0 Å².